The van der Waals surface area contributed by atoms with Crippen LogP contribution >= 0.6 is 0 Å². The van der Waals surface area contributed by atoms with Crippen LogP contribution in [0, 0.1) is 10.1 Å². The van der Waals surface area contributed by atoms with Crippen LogP contribution in [0.1, 0.15) is 15.9 Å². The Labute approximate surface area is 153 Å². The molecule has 0 unspecified atom stereocenters. The minimum absolute atomic E-state index is 0.0824. The Morgan fingerprint density at radius 2 is 1.81 bits per heavy atom. The van der Waals surface area contributed by atoms with E-state index in [2.05, 4.69) is 0 Å². The van der Waals surface area contributed by atoms with Gasteiger partial charge in [-0.3, -0.25) is 19.7 Å². The minimum Gasteiger partial charge on any atom is -0.466 e. The second-order valence-electron chi connectivity index (χ2n) is 5.75. The van der Waals surface area contributed by atoms with E-state index >= 15 is 0 Å². The molecule has 0 N–H and O–H groups in total. The molecule has 0 bridgehead atoms. The predicted octanol–water partition coefficient (Wildman–Crippen LogP) is 2.38. The Balaban J connectivity index is 1.95. The fourth-order valence-corrected chi connectivity index (χ4v) is 2.77. The molecule has 136 valence electrons. The Bertz CT molecular complexity index is 978. The van der Waals surface area contributed by atoms with Crippen molar-refractivity contribution in [2.75, 3.05) is 18.6 Å². The molecule has 0 fully saturated rings. The molecule has 0 aliphatic carbocycles. The number of esters is 1. The minimum atomic E-state index is -0.727. The number of carbonyl (C=O) groups is 3. The summed E-state index contributed by atoms with van der Waals surface area (Å²) < 4.78 is 4.77. The third kappa shape index (κ3) is 3.45. The average molecular weight is 366 g/mol. The van der Waals surface area contributed by atoms with Gasteiger partial charge in [-0.1, -0.05) is 12.1 Å². The van der Waals surface area contributed by atoms with Crippen LogP contribution in [-0.4, -0.2) is 36.2 Å². The van der Waals surface area contributed by atoms with Gasteiger partial charge in [0.25, 0.3) is 17.4 Å². The number of non-ortho nitro benzene ring substituents is 1. The first-order chi connectivity index (χ1) is 12.9. The van der Waals surface area contributed by atoms with E-state index in [0.717, 1.165) is 0 Å². The number of para-hydroxylation sites is 1. The summed E-state index contributed by atoms with van der Waals surface area (Å²) in [4.78, 5) is 48.0. The number of ether oxygens (including phenoxy) is 1. The van der Waals surface area contributed by atoms with Crippen molar-refractivity contribution in [3.63, 3.8) is 0 Å². The summed E-state index contributed by atoms with van der Waals surface area (Å²) >= 11 is 0. The number of ketones is 1. The van der Waals surface area contributed by atoms with Crippen LogP contribution in [0.5, 0.6) is 0 Å². The number of nitrogens with zero attached hydrogens (tertiary/aromatic N) is 2. The van der Waals surface area contributed by atoms with Crippen LogP contribution in [-0.2, 0) is 14.3 Å². The zero-order chi connectivity index (χ0) is 19.6. The van der Waals surface area contributed by atoms with Crippen LogP contribution in [0.4, 0.5) is 11.4 Å². The number of hydrogen-bond donors (Lipinski definition) is 0. The monoisotopic (exact) mass is 366 g/mol. The van der Waals surface area contributed by atoms with Crippen LogP contribution in [0.3, 0.4) is 0 Å². The van der Waals surface area contributed by atoms with Gasteiger partial charge in [-0.15, -0.1) is 0 Å². The third-order valence-corrected chi connectivity index (χ3v) is 4.10. The van der Waals surface area contributed by atoms with Gasteiger partial charge in [-0.05, 0) is 35.9 Å². The number of carbonyl (C=O) groups excluding carboxylic acids is 3. The molecule has 8 heteroatoms. The first-order valence-corrected chi connectivity index (χ1v) is 7.91. The lowest BCUT2D eigenvalue weighted by Gasteiger charge is -2.17. The largest absolute Gasteiger partial charge is 0.466 e. The lowest BCUT2D eigenvalue weighted by molar-refractivity contribution is -0.384. The molecule has 2 aromatic rings. The lowest BCUT2D eigenvalue weighted by atomic mass is 10.1. The number of nitro benzene ring substituents is 1. The molecular weight excluding hydrogens is 352 g/mol. The number of nitro groups is 1. The highest BCUT2D eigenvalue weighted by Crippen LogP contribution is 2.29. The summed E-state index contributed by atoms with van der Waals surface area (Å²) in [6, 6.07) is 12.1. The van der Waals surface area contributed by atoms with Crippen LogP contribution in [0.25, 0.3) is 6.08 Å². The summed E-state index contributed by atoms with van der Waals surface area (Å²) in [7, 11) is 1.21. The molecule has 0 aromatic heterocycles. The van der Waals surface area contributed by atoms with Crippen molar-refractivity contribution < 1.29 is 24.0 Å². The Kier molecular flexibility index (Phi) is 4.80. The van der Waals surface area contributed by atoms with E-state index in [1.807, 2.05) is 0 Å². The van der Waals surface area contributed by atoms with Crippen molar-refractivity contribution in [2.24, 2.45) is 0 Å². The SMILES string of the molecule is COC(=O)/C(=C/c1ccc([N+](=O)[O-])cc1)CN1C(=O)C(=O)c2ccccc21. The topological polar surface area (TPSA) is 107 Å². The van der Waals surface area contributed by atoms with Crippen molar-refractivity contribution in [1.82, 2.24) is 0 Å². The van der Waals surface area contributed by atoms with Gasteiger partial charge in [0.2, 0.25) is 0 Å². The van der Waals surface area contributed by atoms with Crippen molar-refractivity contribution in [3.05, 3.63) is 75.3 Å². The molecule has 8 nitrogen and oxygen atoms in total. The third-order valence-electron chi connectivity index (χ3n) is 4.10. The summed E-state index contributed by atoms with van der Waals surface area (Å²) in [5, 5.41) is 10.7. The highest BCUT2D eigenvalue weighted by molar-refractivity contribution is 6.52. The van der Waals surface area contributed by atoms with Gasteiger partial charge in [0, 0.05) is 12.1 Å². The molecule has 1 aliphatic heterocycles. The highest BCUT2D eigenvalue weighted by atomic mass is 16.6. The zero-order valence-corrected chi connectivity index (χ0v) is 14.2. The molecule has 1 aliphatic rings. The maximum Gasteiger partial charge on any atom is 0.335 e. The van der Waals surface area contributed by atoms with Crippen LogP contribution in [0.2, 0.25) is 0 Å². The van der Waals surface area contributed by atoms with E-state index in [-0.39, 0.29) is 23.4 Å². The molecule has 3 rings (SSSR count). The number of Topliss-reactive ketones (excluding diaryl/α,β-unsaturated/α-hetero) is 1. The van der Waals surface area contributed by atoms with Gasteiger partial charge in [-0.25, -0.2) is 4.79 Å². The second kappa shape index (κ2) is 7.20. The molecule has 0 saturated carbocycles. The molecule has 0 spiro atoms. The maximum atomic E-state index is 12.3. The Morgan fingerprint density at radius 3 is 2.44 bits per heavy atom. The van der Waals surface area contributed by atoms with E-state index in [1.54, 1.807) is 24.3 Å². The van der Waals surface area contributed by atoms with Crippen molar-refractivity contribution in [3.8, 4) is 0 Å². The molecule has 1 heterocycles. The quantitative estimate of drug-likeness (QED) is 0.264. The Hall–Kier alpha value is -3.81. The zero-order valence-electron chi connectivity index (χ0n) is 14.2. The molecule has 0 radical (unpaired) electrons. The first kappa shape index (κ1) is 18.0. The summed E-state index contributed by atoms with van der Waals surface area (Å²) in [5.74, 6) is -2.03. The Morgan fingerprint density at radius 1 is 1.15 bits per heavy atom. The van der Waals surface area contributed by atoms with E-state index in [0.29, 0.717) is 11.3 Å². The number of benzene rings is 2. The normalized spacial score (nSPS) is 13.5. The number of fused-ring (bicyclic) bond motifs is 1. The van der Waals surface area contributed by atoms with E-state index in [4.69, 9.17) is 4.74 Å². The molecule has 1 amide bonds. The molecular formula is C19H14N2O6. The first-order valence-electron chi connectivity index (χ1n) is 7.91. The molecule has 0 saturated heterocycles. The maximum absolute atomic E-state index is 12.3. The van der Waals surface area contributed by atoms with Gasteiger partial charge in [0.05, 0.1) is 35.4 Å². The molecule has 2 aromatic carbocycles. The van der Waals surface area contributed by atoms with Crippen molar-refractivity contribution in [2.45, 2.75) is 0 Å². The smallest absolute Gasteiger partial charge is 0.335 e. The van der Waals surface area contributed by atoms with Crippen molar-refractivity contribution in [1.29, 1.82) is 0 Å². The average Bonchev–Trinajstić information content (AvgIpc) is 2.92. The van der Waals surface area contributed by atoms with Gasteiger partial charge in [0.1, 0.15) is 0 Å². The summed E-state index contributed by atoms with van der Waals surface area (Å²) in [6.07, 6.45) is 1.47. The summed E-state index contributed by atoms with van der Waals surface area (Å²) in [6.45, 7) is -0.161. The van der Waals surface area contributed by atoms with E-state index in [9.17, 15) is 24.5 Å². The van der Waals surface area contributed by atoms with Crippen LogP contribution < -0.4 is 4.90 Å². The number of hydrogen-bond acceptors (Lipinski definition) is 6. The lowest BCUT2D eigenvalue weighted by Crippen LogP contribution is -2.33. The van der Waals surface area contributed by atoms with Crippen molar-refractivity contribution >= 4 is 35.1 Å². The number of methoxy groups -OCH3 is 1. The van der Waals surface area contributed by atoms with Gasteiger partial charge >= 0.3 is 5.97 Å². The number of amides is 1. The number of rotatable bonds is 5. The summed E-state index contributed by atoms with van der Waals surface area (Å²) in [5.41, 5.74) is 1.27. The van der Waals surface area contributed by atoms with Gasteiger partial charge < -0.3 is 9.64 Å². The van der Waals surface area contributed by atoms with Crippen LogP contribution in [0.15, 0.2) is 54.1 Å². The molecule has 27 heavy (non-hydrogen) atoms. The fraction of sp³-hybridized carbons (Fsp3) is 0.105. The fourth-order valence-electron chi connectivity index (χ4n) is 2.77. The van der Waals surface area contributed by atoms with E-state index in [1.165, 1.54) is 42.4 Å². The molecule has 0 atom stereocenters. The number of anilines is 1. The predicted molar refractivity (Wildman–Crippen MR) is 96.2 cm³/mol. The van der Waals surface area contributed by atoms with E-state index < -0.39 is 22.6 Å². The second-order valence-corrected chi connectivity index (χ2v) is 5.75. The van der Waals surface area contributed by atoms with Gasteiger partial charge in [-0.2, -0.15) is 0 Å². The van der Waals surface area contributed by atoms with Gasteiger partial charge in [0.15, 0.2) is 0 Å². The standard InChI is InChI=1S/C19H14N2O6/c1-27-19(24)13(10-12-6-8-14(9-7-12)21(25)26)11-20-16-5-3-2-4-15(16)17(22)18(20)23/h2-10H,11H2,1H3/b13-10+. The highest BCUT2D eigenvalue weighted by Gasteiger charge is 2.36.